The minimum Gasteiger partial charge on any atom is -0.379 e. The quantitative estimate of drug-likeness (QED) is 0.676. The number of nitrogens with one attached hydrogen (secondary N) is 1. The lowest BCUT2D eigenvalue weighted by Gasteiger charge is -2.13. The SMILES string of the molecule is Cc1ccc(NCc2csc(C(C)(C)C)n2)cc1[N+](=O)[O-]. The van der Waals surface area contributed by atoms with Gasteiger partial charge in [0, 0.05) is 28.1 Å². The molecule has 1 aromatic heterocycles. The number of nitro benzene ring substituents is 1. The van der Waals surface area contributed by atoms with Crippen LogP contribution in [-0.2, 0) is 12.0 Å². The summed E-state index contributed by atoms with van der Waals surface area (Å²) in [6.45, 7) is 8.69. The zero-order valence-corrected chi connectivity index (χ0v) is 13.5. The number of anilines is 1. The molecule has 1 N–H and O–H groups in total. The highest BCUT2D eigenvalue weighted by Crippen LogP contribution is 2.26. The molecule has 0 unspecified atom stereocenters. The van der Waals surface area contributed by atoms with Crippen molar-refractivity contribution < 1.29 is 4.92 Å². The number of benzene rings is 1. The molecule has 0 amide bonds. The largest absolute Gasteiger partial charge is 0.379 e. The summed E-state index contributed by atoms with van der Waals surface area (Å²) in [6, 6.07) is 5.16. The standard InChI is InChI=1S/C15H19N3O2S/c1-10-5-6-11(7-13(10)18(19)20)16-8-12-9-21-14(17-12)15(2,3)4/h5-7,9,16H,8H2,1-4H3. The van der Waals surface area contributed by atoms with Gasteiger partial charge >= 0.3 is 0 Å². The van der Waals surface area contributed by atoms with Crippen LogP contribution < -0.4 is 5.32 Å². The molecule has 0 saturated heterocycles. The van der Waals surface area contributed by atoms with Crippen LogP contribution in [0.2, 0.25) is 0 Å². The molecule has 0 aliphatic rings. The fourth-order valence-corrected chi connectivity index (χ4v) is 2.75. The number of hydrogen-bond acceptors (Lipinski definition) is 5. The van der Waals surface area contributed by atoms with E-state index in [4.69, 9.17) is 0 Å². The molecule has 0 fully saturated rings. The van der Waals surface area contributed by atoms with Crippen molar-refractivity contribution in [3.8, 4) is 0 Å². The molecular formula is C15H19N3O2S. The zero-order chi connectivity index (χ0) is 15.6. The first-order chi connectivity index (χ1) is 9.77. The van der Waals surface area contributed by atoms with Gasteiger partial charge in [-0.2, -0.15) is 0 Å². The lowest BCUT2D eigenvalue weighted by Crippen LogP contribution is -2.11. The molecule has 1 aromatic carbocycles. The molecule has 112 valence electrons. The summed E-state index contributed by atoms with van der Waals surface area (Å²) >= 11 is 1.64. The zero-order valence-electron chi connectivity index (χ0n) is 12.6. The van der Waals surface area contributed by atoms with Crippen LogP contribution in [0.1, 0.15) is 37.0 Å². The molecule has 21 heavy (non-hydrogen) atoms. The lowest BCUT2D eigenvalue weighted by molar-refractivity contribution is -0.385. The van der Waals surface area contributed by atoms with Crippen LogP contribution in [0.25, 0.3) is 0 Å². The molecule has 0 bridgehead atoms. The molecule has 0 aliphatic carbocycles. The second-order valence-corrected chi connectivity index (χ2v) is 6.86. The Bertz CT molecular complexity index is 659. The Labute approximate surface area is 128 Å². The van der Waals surface area contributed by atoms with Crippen molar-refractivity contribution in [1.82, 2.24) is 4.98 Å². The van der Waals surface area contributed by atoms with Crippen LogP contribution >= 0.6 is 11.3 Å². The summed E-state index contributed by atoms with van der Waals surface area (Å²) in [4.78, 5) is 15.2. The summed E-state index contributed by atoms with van der Waals surface area (Å²) in [6.07, 6.45) is 0. The predicted octanol–water partition coefficient (Wildman–Crippen LogP) is 4.27. The number of hydrogen-bond donors (Lipinski definition) is 1. The van der Waals surface area contributed by atoms with Crippen LogP contribution in [0, 0.1) is 17.0 Å². The minimum absolute atomic E-state index is 0.0472. The number of nitrogens with zero attached hydrogens (tertiary/aromatic N) is 2. The molecule has 0 radical (unpaired) electrons. The van der Waals surface area contributed by atoms with E-state index in [0.29, 0.717) is 12.1 Å². The molecule has 0 atom stereocenters. The number of thiazole rings is 1. The Morgan fingerprint density at radius 1 is 1.38 bits per heavy atom. The van der Waals surface area contributed by atoms with E-state index in [-0.39, 0.29) is 16.0 Å². The van der Waals surface area contributed by atoms with Gasteiger partial charge in [0.2, 0.25) is 0 Å². The molecule has 0 saturated carbocycles. The van der Waals surface area contributed by atoms with E-state index in [1.54, 1.807) is 30.4 Å². The van der Waals surface area contributed by atoms with Crippen molar-refractivity contribution in [3.05, 3.63) is 50.0 Å². The number of aryl methyl sites for hydroxylation is 1. The van der Waals surface area contributed by atoms with Crippen LogP contribution in [0.3, 0.4) is 0 Å². The summed E-state index contributed by atoms with van der Waals surface area (Å²) in [5.74, 6) is 0. The van der Waals surface area contributed by atoms with Crippen molar-refractivity contribution in [3.63, 3.8) is 0 Å². The van der Waals surface area contributed by atoms with Gasteiger partial charge in [-0.15, -0.1) is 11.3 Å². The Balaban J connectivity index is 2.08. The van der Waals surface area contributed by atoms with Gasteiger partial charge in [-0.05, 0) is 13.0 Å². The van der Waals surface area contributed by atoms with Gasteiger partial charge in [-0.3, -0.25) is 10.1 Å². The summed E-state index contributed by atoms with van der Waals surface area (Å²) in [5.41, 5.74) is 2.53. The average Bonchev–Trinajstić information content (AvgIpc) is 2.86. The second-order valence-electron chi connectivity index (χ2n) is 6.01. The van der Waals surface area contributed by atoms with E-state index in [0.717, 1.165) is 16.4 Å². The van der Waals surface area contributed by atoms with Gasteiger partial charge < -0.3 is 5.32 Å². The highest BCUT2D eigenvalue weighted by atomic mass is 32.1. The molecule has 0 spiro atoms. The highest BCUT2D eigenvalue weighted by Gasteiger charge is 2.18. The van der Waals surface area contributed by atoms with Crippen molar-refractivity contribution in [2.75, 3.05) is 5.32 Å². The van der Waals surface area contributed by atoms with E-state index >= 15 is 0 Å². The Hall–Kier alpha value is -1.95. The van der Waals surface area contributed by atoms with Gasteiger partial charge in [-0.1, -0.05) is 26.8 Å². The van der Waals surface area contributed by atoms with Crippen LogP contribution in [-0.4, -0.2) is 9.91 Å². The summed E-state index contributed by atoms with van der Waals surface area (Å²) in [5, 5.41) is 17.2. The predicted molar refractivity (Wildman–Crippen MR) is 86.0 cm³/mol. The lowest BCUT2D eigenvalue weighted by atomic mass is 9.98. The second kappa shape index (κ2) is 5.81. The molecule has 2 rings (SSSR count). The maximum absolute atomic E-state index is 10.9. The number of aromatic nitrogens is 1. The van der Waals surface area contributed by atoms with E-state index in [1.165, 1.54) is 0 Å². The Kier molecular flexibility index (Phi) is 4.27. The third-order valence-corrected chi connectivity index (χ3v) is 4.39. The van der Waals surface area contributed by atoms with Gasteiger partial charge in [0.25, 0.3) is 5.69 Å². The van der Waals surface area contributed by atoms with Crippen LogP contribution in [0.5, 0.6) is 0 Å². The van der Waals surface area contributed by atoms with Gasteiger partial charge in [0.15, 0.2) is 0 Å². The van der Waals surface area contributed by atoms with Crippen LogP contribution in [0.15, 0.2) is 23.6 Å². The van der Waals surface area contributed by atoms with Gasteiger partial charge in [0.05, 0.1) is 22.2 Å². The minimum atomic E-state index is -0.360. The first-order valence-electron chi connectivity index (χ1n) is 6.71. The van der Waals surface area contributed by atoms with Crippen molar-refractivity contribution in [2.45, 2.75) is 39.7 Å². The third kappa shape index (κ3) is 3.78. The van der Waals surface area contributed by atoms with E-state index < -0.39 is 0 Å². The van der Waals surface area contributed by atoms with Crippen molar-refractivity contribution in [2.24, 2.45) is 0 Å². The topological polar surface area (TPSA) is 68.1 Å². The van der Waals surface area contributed by atoms with Gasteiger partial charge in [-0.25, -0.2) is 4.98 Å². The van der Waals surface area contributed by atoms with Gasteiger partial charge in [0.1, 0.15) is 0 Å². The highest BCUT2D eigenvalue weighted by molar-refractivity contribution is 7.09. The third-order valence-electron chi connectivity index (χ3n) is 3.07. The Morgan fingerprint density at radius 3 is 2.67 bits per heavy atom. The normalized spacial score (nSPS) is 11.4. The smallest absolute Gasteiger partial charge is 0.274 e. The number of nitro groups is 1. The molecule has 2 aromatic rings. The maximum Gasteiger partial charge on any atom is 0.274 e. The summed E-state index contributed by atoms with van der Waals surface area (Å²) in [7, 11) is 0. The maximum atomic E-state index is 10.9. The average molecular weight is 305 g/mol. The first kappa shape index (κ1) is 15.4. The first-order valence-corrected chi connectivity index (χ1v) is 7.59. The van der Waals surface area contributed by atoms with E-state index in [9.17, 15) is 10.1 Å². The summed E-state index contributed by atoms with van der Waals surface area (Å²) < 4.78 is 0. The van der Waals surface area contributed by atoms with Crippen molar-refractivity contribution >= 4 is 22.7 Å². The number of rotatable bonds is 4. The molecule has 6 heteroatoms. The molecule has 1 heterocycles. The fourth-order valence-electron chi connectivity index (χ4n) is 1.84. The molecule has 0 aliphatic heterocycles. The van der Waals surface area contributed by atoms with Crippen molar-refractivity contribution in [1.29, 1.82) is 0 Å². The van der Waals surface area contributed by atoms with E-state index in [2.05, 4.69) is 31.1 Å². The molecule has 5 nitrogen and oxygen atoms in total. The van der Waals surface area contributed by atoms with Crippen LogP contribution in [0.4, 0.5) is 11.4 Å². The Morgan fingerprint density at radius 2 is 2.10 bits per heavy atom. The monoisotopic (exact) mass is 305 g/mol. The van der Waals surface area contributed by atoms with E-state index in [1.807, 2.05) is 11.4 Å². The fraction of sp³-hybridized carbons (Fsp3) is 0.400. The molecular weight excluding hydrogens is 286 g/mol.